The second-order valence-corrected chi connectivity index (χ2v) is 7.21. The Kier molecular flexibility index (Phi) is 5.84. The van der Waals surface area contributed by atoms with E-state index in [0.717, 1.165) is 5.56 Å². The number of benzene rings is 2. The van der Waals surface area contributed by atoms with Gasteiger partial charge in [-0.1, -0.05) is 12.1 Å². The molecule has 0 heterocycles. The summed E-state index contributed by atoms with van der Waals surface area (Å²) in [5.74, 6) is 0.0803. The molecule has 6 nitrogen and oxygen atoms in total. The Morgan fingerprint density at radius 1 is 1.21 bits per heavy atom. The number of ether oxygens (including phenoxy) is 1. The van der Waals surface area contributed by atoms with Crippen LogP contribution in [-0.2, 0) is 14.9 Å². The third-order valence-corrected chi connectivity index (χ3v) is 5.14. The highest BCUT2D eigenvalue weighted by Crippen LogP contribution is 2.27. The number of nitrogens with one attached hydrogen (secondary N) is 1. The zero-order valence-corrected chi connectivity index (χ0v) is 15.5. The molecular formula is C16H16BrNO5S. The Labute approximate surface area is 149 Å². The van der Waals surface area contributed by atoms with E-state index in [0.29, 0.717) is 10.2 Å². The molecule has 0 atom stereocenters. The van der Waals surface area contributed by atoms with E-state index in [-0.39, 0.29) is 17.3 Å². The van der Waals surface area contributed by atoms with Gasteiger partial charge >= 0.3 is 16.2 Å². The van der Waals surface area contributed by atoms with E-state index in [9.17, 15) is 13.2 Å². The van der Waals surface area contributed by atoms with E-state index in [1.165, 1.54) is 18.2 Å². The summed E-state index contributed by atoms with van der Waals surface area (Å²) < 4.78 is 35.1. The van der Waals surface area contributed by atoms with Crippen LogP contribution < -0.4 is 9.50 Å². The molecule has 2 rings (SSSR count). The van der Waals surface area contributed by atoms with E-state index < -0.39 is 16.2 Å². The molecule has 0 aliphatic rings. The zero-order valence-electron chi connectivity index (χ0n) is 13.1. The number of halogens is 1. The number of carbonyl (C=O) groups is 1. The normalized spacial score (nSPS) is 11.0. The minimum Gasteiger partial charge on any atom is -0.450 e. The molecular weight excluding hydrogens is 398 g/mol. The molecule has 2 aromatic rings. The number of amides is 1. The van der Waals surface area contributed by atoms with Gasteiger partial charge in [0.05, 0.1) is 6.61 Å². The largest absolute Gasteiger partial charge is 0.450 e. The molecule has 8 heteroatoms. The number of hydrogen-bond donors (Lipinski definition) is 1. The van der Waals surface area contributed by atoms with Gasteiger partial charge in [0, 0.05) is 16.2 Å². The predicted octanol–water partition coefficient (Wildman–Crippen LogP) is 4.09. The molecule has 24 heavy (non-hydrogen) atoms. The molecule has 1 amide bonds. The van der Waals surface area contributed by atoms with Gasteiger partial charge in [-0.05, 0) is 59.6 Å². The number of carbonyl (C=O) groups excluding carboxylic acids is 1. The van der Waals surface area contributed by atoms with Crippen molar-refractivity contribution in [3.05, 3.63) is 52.5 Å². The first-order valence-electron chi connectivity index (χ1n) is 7.06. The fourth-order valence-corrected chi connectivity index (χ4v) is 3.96. The maximum Gasteiger partial charge on any atom is 0.411 e. The molecule has 0 unspecified atom stereocenters. The van der Waals surface area contributed by atoms with Gasteiger partial charge < -0.3 is 8.92 Å². The van der Waals surface area contributed by atoms with Crippen molar-refractivity contribution in [1.82, 2.24) is 0 Å². The SMILES string of the molecule is CCOC(=O)Nc1cccc(OS(=O)(=O)c2ccc(C)cc2Br)c1. The lowest BCUT2D eigenvalue weighted by molar-refractivity contribution is 0.168. The molecule has 0 radical (unpaired) electrons. The summed E-state index contributed by atoms with van der Waals surface area (Å²) >= 11 is 3.23. The first-order chi connectivity index (χ1) is 11.3. The highest BCUT2D eigenvalue weighted by Gasteiger charge is 2.20. The van der Waals surface area contributed by atoms with Crippen LogP contribution >= 0.6 is 15.9 Å². The number of rotatable bonds is 5. The third kappa shape index (κ3) is 4.72. The summed E-state index contributed by atoms with van der Waals surface area (Å²) in [6.45, 7) is 3.77. The average molecular weight is 414 g/mol. The van der Waals surface area contributed by atoms with Gasteiger partial charge in [-0.25, -0.2) is 4.79 Å². The molecule has 0 aliphatic heterocycles. The van der Waals surface area contributed by atoms with Gasteiger partial charge in [0.25, 0.3) is 0 Å². The highest BCUT2D eigenvalue weighted by molar-refractivity contribution is 9.10. The van der Waals surface area contributed by atoms with Crippen molar-refractivity contribution < 1.29 is 22.1 Å². The zero-order chi connectivity index (χ0) is 17.7. The monoisotopic (exact) mass is 413 g/mol. The maximum atomic E-state index is 12.4. The van der Waals surface area contributed by atoms with Gasteiger partial charge in [0.15, 0.2) is 0 Å². The van der Waals surface area contributed by atoms with Crippen molar-refractivity contribution >= 4 is 37.8 Å². The summed E-state index contributed by atoms with van der Waals surface area (Å²) in [7, 11) is -4.01. The molecule has 128 valence electrons. The molecule has 0 aliphatic carbocycles. The van der Waals surface area contributed by atoms with Gasteiger partial charge in [0.2, 0.25) is 0 Å². The molecule has 2 aromatic carbocycles. The standard InChI is InChI=1S/C16H16BrNO5S/c1-3-22-16(19)18-12-5-4-6-13(10-12)23-24(20,21)15-8-7-11(2)9-14(15)17/h4-10H,3H2,1-2H3,(H,18,19). The van der Waals surface area contributed by atoms with E-state index in [1.807, 2.05) is 6.92 Å². The molecule has 0 bridgehead atoms. The Morgan fingerprint density at radius 3 is 2.62 bits per heavy atom. The Balaban J connectivity index is 2.22. The van der Waals surface area contributed by atoms with Crippen molar-refractivity contribution in [3.63, 3.8) is 0 Å². The van der Waals surface area contributed by atoms with Crippen LogP contribution in [0.15, 0.2) is 51.8 Å². The number of aryl methyl sites for hydroxylation is 1. The molecule has 0 fully saturated rings. The van der Waals surface area contributed by atoms with Gasteiger partial charge in [-0.3, -0.25) is 5.32 Å². The molecule has 0 spiro atoms. The van der Waals surface area contributed by atoms with Gasteiger partial charge in [0.1, 0.15) is 10.6 Å². The topological polar surface area (TPSA) is 81.7 Å². The maximum absolute atomic E-state index is 12.4. The molecule has 0 aromatic heterocycles. The van der Waals surface area contributed by atoms with E-state index in [2.05, 4.69) is 21.2 Å². The lowest BCUT2D eigenvalue weighted by Crippen LogP contribution is -2.14. The second-order valence-electron chi connectivity index (χ2n) is 4.84. The smallest absolute Gasteiger partial charge is 0.411 e. The van der Waals surface area contributed by atoms with Crippen LogP contribution in [0.4, 0.5) is 10.5 Å². The van der Waals surface area contributed by atoms with E-state index >= 15 is 0 Å². The second kappa shape index (κ2) is 7.67. The summed E-state index contributed by atoms with van der Waals surface area (Å²) in [4.78, 5) is 11.4. The first kappa shape index (κ1) is 18.3. The highest BCUT2D eigenvalue weighted by atomic mass is 79.9. The van der Waals surface area contributed by atoms with Crippen molar-refractivity contribution in [2.24, 2.45) is 0 Å². The van der Waals surface area contributed by atoms with Crippen LogP contribution in [-0.4, -0.2) is 21.1 Å². The fourth-order valence-electron chi connectivity index (χ4n) is 1.89. The summed E-state index contributed by atoms with van der Waals surface area (Å²) in [5.41, 5.74) is 1.28. The molecule has 1 N–H and O–H groups in total. The Morgan fingerprint density at radius 2 is 1.96 bits per heavy atom. The molecule has 0 saturated carbocycles. The van der Waals surface area contributed by atoms with Crippen LogP contribution in [0.5, 0.6) is 5.75 Å². The third-order valence-electron chi connectivity index (χ3n) is 2.92. The van der Waals surface area contributed by atoms with Crippen LogP contribution in [0, 0.1) is 6.92 Å². The average Bonchev–Trinajstić information content (AvgIpc) is 2.46. The predicted molar refractivity (Wildman–Crippen MR) is 93.8 cm³/mol. The van der Waals surface area contributed by atoms with E-state index in [1.54, 1.807) is 31.2 Å². The summed E-state index contributed by atoms with van der Waals surface area (Å²) in [6, 6.07) is 10.9. The Bertz CT molecular complexity index is 851. The fraction of sp³-hybridized carbons (Fsp3) is 0.188. The van der Waals surface area contributed by atoms with Gasteiger partial charge in [-0.2, -0.15) is 8.42 Å². The molecule has 0 saturated heterocycles. The van der Waals surface area contributed by atoms with Gasteiger partial charge in [-0.15, -0.1) is 0 Å². The van der Waals surface area contributed by atoms with Crippen LogP contribution in [0.25, 0.3) is 0 Å². The number of hydrogen-bond acceptors (Lipinski definition) is 5. The Hall–Kier alpha value is -2.06. The van der Waals surface area contributed by atoms with Crippen molar-refractivity contribution in [2.45, 2.75) is 18.7 Å². The summed E-state index contributed by atoms with van der Waals surface area (Å²) in [6.07, 6.45) is -0.626. The van der Waals surface area contributed by atoms with Crippen LogP contribution in [0.1, 0.15) is 12.5 Å². The van der Waals surface area contributed by atoms with Crippen molar-refractivity contribution in [3.8, 4) is 5.75 Å². The van der Waals surface area contributed by atoms with Crippen molar-refractivity contribution in [1.29, 1.82) is 0 Å². The first-order valence-corrected chi connectivity index (χ1v) is 9.26. The quantitative estimate of drug-likeness (QED) is 0.746. The van der Waals surface area contributed by atoms with Crippen LogP contribution in [0.3, 0.4) is 0 Å². The van der Waals surface area contributed by atoms with Crippen LogP contribution in [0.2, 0.25) is 0 Å². The van der Waals surface area contributed by atoms with E-state index in [4.69, 9.17) is 8.92 Å². The lowest BCUT2D eigenvalue weighted by atomic mass is 10.2. The minimum atomic E-state index is -4.01. The summed E-state index contributed by atoms with van der Waals surface area (Å²) in [5, 5.41) is 2.48. The minimum absolute atomic E-state index is 0.0249. The lowest BCUT2D eigenvalue weighted by Gasteiger charge is -2.10. The number of anilines is 1. The van der Waals surface area contributed by atoms with Crippen molar-refractivity contribution in [2.75, 3.05) is 11.9 Å².